The van der Waals surface area contributed by atoms with Crippen LogP contribution >= 0.6 is 0 Å². The van der Waals surface area contributed by atoms with E-state index < -0.39 is 0 Å². The lowest BCUT2D eigenvalue weighted by Crippen LogP contribution is -2.49. The molecule has 1 aliphatic rings. The molecule has 1 N–H and O–H groups in total. The van der Waals surface area contributed by atoms with Gasteiger partial charge in [-0.2, -0.15) is 0 Å². The van der Waals surface area contributed by atoms with Gasteiger partial charge in [0, 0.05) is 63.1 Å². The molecule has 4 heterocycles. The molecular weight excluding hydrogens is 444 g/mol. The number of hydrogen-bond donors (Lipinski definition) is 1. The van der Waals surface area contributed by atoms with Crippen molar-refractivity contribution in [1.82, 2.24) is 35.1 Å². The highest BCUT2D eigenvalue weighted by Gasteiger charge is 2.28. The van der Waals surface area contributed by atoms with Crippen molar-refractivity contribution in [2.24, 2.45) is 0 Å². The molecule has 0 aliphatic carbocycles. The first-order valence-electron chi connectivity index (χ1n) is 11.6. The van der Waals surface area contributed by atoms with Gasteiger partial charge < -0.3 is 20.0 Å². The van der Waals surface area contributed by atoms with Crippen molar-refractivity contribution in [3.8, 4) is 11.3 Å². The van der Waals surface area contributed by atoms with Crippen LogP contribution < -0.4 is 10.2 Å². The van der Waals surface area contributed by atoms with Crippen LogP contribution in [0.15, 0.2) is 49.1 Å². The zero-order chi connectivity index (χ0) is 24.6. The van der Waals surface area contributed by atoms with Crippen LogP contribution in [0.5, 0.6) is 0 Å². The maximum atomic E-state index is 13.6. The van der Waals surface area contributed by atoms with Crippen LogP contribution in [0.3, 0.4) is 0 Å². The van der Waals surface area contributed by atoms with E-state index in [2.05, 4.69) is 36.3 Å². The number of nitrogens with zero attached hydrogens (tertiary/aromatic N) is 7. The second-order valence-corrected chi connectivity index (χ2v) is 8.49. The number of carbonyl (C=O) groups is 2. The Kier molecular flexibility index (Phi) is 7.94. The molecule has 0 saturated carbocycles. The van der Waals surface area contributed by atoms with Gasteiger partial charge in [0.1, 0.15) is 6.20 Å². The van der Waals surface area contributed by atoms with Crippen LogP contribution in [0.25, 0.3) is 11.3 Å². The van der Waals surface area contributed by atoms with Crippen LogP contribution in [0.1, 0.15) is 27.1 Å². The van der Waals surface area contributed by atoms with Crippen LogP contribution in [0.2, 0.25) is 0 Å². The Hall–Kier alpha value is -3.92. The van der Waals surface area contributed by atoms with Gasteiger partial charge in [-0.05, 0) is 45.3 Å². The molecule has 181 valence electrons. The lowest BCUT2D eigenvalue weighted by Gasteiger charge is -2.35. The normalized spacial score (nSPS) is 13.7. The number of anilines is 1. The first kappa shape index (κ1) is 24.2. The molecule has 0 bridgehead atoms. The third-order valence-electron chi connectivity index (χ3n) is 5.74. The van der Waals surface area contributed by atoms with Crippen LogP contribution in [0, 0.1) is 6.20 Å². The number of nitrogens with one attached hydrogen (secondary N) is 1. The average Bonchev–Trinajstić information content (AvgIpc) is 2.91. The van der Waals surface area contributed by atoms with Crippen molar-refractivity contribution < 1.29 is 9.59 Å². The summed E-state index contributed by atoms with van der Waals surface area (Å²) in [5.41, 5.74) is 1.54. The molecule has 1 saturated heterocycles. The summed E-state index contributed by atoms with van der Waals surface area (Å²) < 4.78 is 0. The standard InChI is InChI=1S/C25H29N8O2/c1-31(2)12-6-11-28-23(34)19-17-26-18-20(22(19)21-7-3-4-8-27-21)24(35)32-13-15-33(16-14-32)25-29-9-5-10-30-25/h3-5,7-10,17H,6,11-16H2,1-2H3,(H,28,34). The molecule has 1 radical (unpaired) electrons. The number of hydrogen-bond acceptors (Lipinski definition) is 8. The quantitative estimate of drug-likeness (QED) is 0.489. The van der Waals surface area contributed by atoms with Gasteiger partial charge in [-0.25, -0.2) is 9.97 Å². The van der Waals surface area contributed by atoms with E-state index in [1.165, 1.54) is 6.20 Å². The van der Waals surface area contributed by atoms with Crippen LogP contribution in [-0.2, 0) is 0 Å². The molecule has 35 heavy (non-hydrogen) atoms. The largest absolute Gasteiger partial charge is 0.352 e. The predicted octanol–water partition coefficient (Wildman–Crippen LogP) is 1.38. The molecule has 1 fully saturated rings. The number of piperazine rings is 1. The highest BCUT2D eigenvalue weighted by Crippen LogP contribution is 2.27. The lowest BCUT2D eigenvalue weighted by atomic mass is 9.98. The van der Waals surface area contributed by atoms with Crippen molar-refractivity contribution in [2.45, 2.75) is 6.42 Å². The van der Waals surface area contributed by atoms with Crippen molar-refractivity contribution >= 4 is 17.8 Å². The van der Waals surface area contributed by atoms with Gasteiger partial charge >= 0.3 is 0 Å². The van der Waals surface area contributed by atoms with Gasteiger partial charge in [-0.15, -0.1) is 0 Å². The number of rotatable bonds is 8. The van der Waals surface area contributed by atoms with Crippen molar-refractivity contribution in [3.05, 3.63) is 66.4 Å². The van der Waals surface area contributed by atoms with E-state index >= 15 is 0 Å². The summed E-state index contributed by atoms with van der Waals surface area (Å²) in [5, 5.41) is 2.94. The first-order valence-corrected chi connectivity index (χ1v) is 11.6. The van der Waals surface area contributed by atoms with Gasteiger partial charge in [-0.3, -0.25) is 19.6 Å². The highest BCUT2D eigenvalue weighted by atomic mass is 16.2. The summed E-state index contributed by atoms with van der Waals surface area (Å²) in [7, 11) is 3.98. The lowest BCUT2D eigenvalue weighted by molar-refractivity contribution is 0.0746. The van der Waals surface area contributed by atoms with E-state index in [4.69, 9.17) is 0 Å². The summed E-state index contributed by atoms with van der Waals surface area (Å²) in [4.78, 5) is 49.7. The van der Waals surface area contributed by atoms with Crippen LogP contribution in [-0.4, -0.2) is 94.9 Å². The monoisotopic (exact) mass is 473 g/mol. The van der Waals surface area contributed by atoms with Gasteiger partial charge in [0.05, 0.1) is 16.8 Å². The van der Waals surface area contributed by atoms with Gasteiger partial charge in [0.15, 0.2) is 0 Å². The summed E-state index contributed by atoms with van der Waals surface area (Å²) in [6.45, 7) is 3.57. The zero-order valence-electron chi connectivity index (χ0n) is 20.0. The topological polar surface area (TPSA) is 107 Å². The second-order valence-electron chi connectivity index (χ2n) is 8.49. The van der Waals surface area contributed by atoms with Crippen LogP contribution in [0.4, 0.5) is 5.95 Å². The molecule has 2 amide bonds. The summed E-state index contributed by atoms with van der Waals surface area (Å²) in [6.07, 6.45) is 10.2. The Balaban J connectivity index is 1.56. The molecule has 3 aromatic heterocycles. The predicted molar refractivity (Wildman–Crippen MR) is 132 cm³/mol. The molecule has 0 atom stereocenters. The molecule has 4 rings (SSSR count). The fourth-order valence-electron chi connectivity index (χ4n) is 3.93. The molecule has 3 aromatic rings. The number of amides is 2. The van der Waals surface area contributed by atoms with Gasteiger partial charge in [0.25, 0.3) is 11.8 Å². The van der Waals surface area contributed by atoms with E-state index in [0.717, 1.165) is 13.0 Å². The fourth-order valence-corrected chi connectivity index (χ4v) is 3.93. The Morgan fingerprint density at radius 1 is 1.03 bits per heavy atom. The Labute approximate surface area is 205 Å². The van der Waals surface area contributed by atoms with E-state index in [-0.39, 0.29) is 17.4 Å². The maximum absolute atomic E-state index is 13.6. The molecule has 0 unspecified atom stereocenters. The summed E-state index contributed by atoms with van der Waals surface area (Å²) in [6, 6.07) is 7.18. The summed E-state index contributed by atoms with van der Waals surface area (Å²) in [5.74, 6) is 0.134. The highest BCUT2D eigenvalue weighted by molar-refractivity contribution is 6.08. The number of aromatic nitrogens is 4. The second kappa shape index (κ2) is 11.5. The molecule has 10 heteroatoms. The van der Waals surface area contributed by atoms with Crippen molar-refractivity contribution in [3.63, 3.8) is 0 Å². The molecular formula is C25H29N8O2. The minimum absolute atomic E-state index is 0.228. The van der Waals surface area contributed by atoms with E-state index in [9.17, 15) is 9.59 Å². The third-order valence-corrected chi connectivity index (χ3v) is 5.74. The van der Waals surface area contributed by atoms with Gasteiger partial charge in [-0.1, -0.05) is 6.07 Å². The SMILES string of the molecule is CN(C)CCCNC(=O)c1cn[c]c(C(=O)N2CCN(c3ncccn3)CC2)c1-c1ccccn1. The van der Waals surface area contributed by atoms with Crippen molar-refractivity contribution in [1.29, 1.82) is 0 Å². The first-order chi connectivity index (χ1) is 17.0. The van der Waals surface area contributed by atoms with Gasteiger partial charge in [0.2, 0.25) is 5.95 Å². The number of pyridine rings is 2. The minimum Gasteiger partial charge on any atom is -0.352 e. The minimum atomic E-state index is -0.286. The smallest absolute Gasteiger partial charge is 0.256 e. The molecule has 0 aromatic carbocycles. The van der Waals surface area contributed by atoms with E-state index in [0.29, 0.717) is 55.5 Å². The molecule has 0 spiro atoms. The zero-order valence-corrected chi connectivity index (χ0v) is 20.0. The summed E-state index contributed by atoms with van der Waals surface area (Å²) >= 11 is 0. The molecule has 10 nitrogen and oxygen atoms in total. The third kappa shape index (κ3) is 5.96. The Bertz CT molecular complexity index is 1130. The fraction of sp³-hybridized carbons (Fsp3) is 0.360. The maximum Gasteiger partial charge on any atom is 0.256 e. The average molecular weight is 474 g/mol. The van der Waals surface area contributed by atoms with E-state index in [1.807, 2.05) is 25.1 Å². The van der Waals surface area contributed by atoms with E-state index in [1.54, 1.807) is 41.7 Å². The number of carbonyl (C=O) groups excluding carboxylic acids is 2. The Morgan fingerprint density at radius 2 is 1.77 bits per heavy atom. The molecule has 1 aliphatic heterocycles. The van der Waals surface area contributed by atoms with Crippen molar-refractivity contribution in [2.75, 3.05) is 58.3 Å². The Morgan fingerprint density at radius 3 is 2.46 bits per heavy atom.